The molecule has 2 heteroatoms. The zero-order chi connectivity index (χ0) is 18.5. The van der Waals surface area contributed by atoms with Gasteiger partial charge in [-0.25, -0.2) is 4.39 Å². The zero-order valence-corrected chi connectivity index (χ0v) is 15.3. The molecule has 0 amide bonds. The van der Waals surface area contributed by atoms with Gasteiger partial charge in [-0.05, 0) is 48.9 Å². The van der Waals surface area contributed by atoms with Crippen molar-refractivity contribution in [3.05, 3.63) is 95.3 Å². The number of hydrogen-bond donors (Lipinski definition) is 0. The summed E-state index contributed by atoms with van der Waals surface area (Å²) >= 11 is 0. The normalized spacial score (nSPS) is 13.6. The molecular weight excluding hydrogens is 335 g/mol. The summed E-state index contributed by atoms with van der Waals surface area (Å²) in [6.45, 7) is 0.491. The Bertz CT molecular complexity index is 936. The topological polar surface area (TPSA) is 9.23 Å². The molecule has 136 valence electrons. The summed E-state index contributed by atoms with van der Waals surface area (Å²) in [4.78, 5) is 0. The first-order valence-electron chi connectivity index (χ1n) is 9.55. The predicted octanol–water partition coefficient (Wildman–Crippen LogP) is 7.03. The van der Waals surface area contributed by atoms with Gasteiger partial charge in [0.1, 0.15) is 18.2 Å². The second kappa shape index (κ2) is 8.22. The molecule has 3 aromatic rings. The van der Waals surface area contributed by atoms with Gasteiger partial charge < -0.3 is 4.74 Å². The van der Waals surface area contributed by atoms with E-state index in [2.05, 4.69) is 0 Å². The average Bonchev–Trinajstić information content (AvgIpc) is 3.22. The van der Waals surface area contributed by atoms with Crippen molar-refractivity contribution in [2.24, 2.45) is 0 Å². The Hall–Kier alpha value is -2.87. The summed E-state index contributed by atoms with van der Waals surface area (Å²) in [6.07, 6.45) is 6.65. The van der Waals surface area contributed by atoms with Crippen LogP contribution in [0, 0.1) is 5.82 Å². The molecule has 1 saturated carbocycles. The highest BCUT2D eigenvalue weighted by Gasteiger charge is 2.11. The fourth-order valence-corrected chi connectivity index (χ4v) is 3.57. The first kappa shape index (κ1) is 17.5. The first-order valence-corrected chi connectivity index (χ1v) is 9.55. The zero-order valence-electron chi connectivity index (χ0n) is 15.3. The number of allylic oxidation sites excluding steroid dienone is 1. The number of para-hydroxylation sites is 1. The van der Waals surface area contributed by atoms with Crippen LogP contribution in [0.3, 0.4) is 0 Å². The van der Waals surface area contributed by atoms with Crippen molar-refractivity contribution in [2.75, 3.05) is 0 Å². The van der Waals surface area contributed by atoms with Crippen molar-refractivity contribution >= 4 is 6.08 Å². The maximum Gasteiger partial charge on any atom is 0.131 e. The minimum atomic E-state index is -0.176. The summed E-state index contributed by atoms with van der Waals surface area (Å²) in [7, 11) is 0. The van der Waals surface area contributed by atoms with E-state index in [1.165, 1.54) is 18.4 Å². The van der Waals surface area contributed by atoms with Gasteiger partial charge in [0.2, 0.25) is 0 Å². The lowest BCUT2D eigenvalue weighted by atomic mass is 10.0. The molecule has 1 fully saturated rings. The molecule has 27 heavy (non-hydrogen) atoms. The maximum atomic E-state index is 14.7. The van der Waals surface area contributed by atoms with Gasteiger partial charge in [0.25, 0.3) is 0 Å². The molecule has 0 radical (unpaired) electrons. The van der Waals surface area contributed by atoms with Gasteiger partial charge in [0.15, 0.2) is 0 Å². The molecule has 0 N–H and O–H groups in total. The first-order chi connectivity index (χ1) is 13.3. The molecular formula is C25H23FO. The van der Waals surface area contributed by atoms with E-state index in [1.807, 2.05) is 72.8 Å². The van der Waals surface area contributed by atoms with E-state index in [0.29, 0.717) is 12.2 Å². The molecule has 4 rings (SSSR count). The lowest BCUT2D eigenvalue weighted by Gasteiger charge is -2.12. The Balaban J connectivity index is 1.58. The van der Waals surface area contributed by atoms with Crippen molar-refractivity contribution < 1.29 is 9.13 Å². The standard InChI is InChI=1S/C25H23FO/c26-24-17-21(14-15-22(24)16-19-8-4-5-9-19)23-12-6-7-13-25(23)27-18-20-10-2-1-3-11-20/h1-3,6-7,10-17H,4-5,8-9,18H2. The number of halogens is 1. The van der Waals surface area contributed by atoms with Crippen LogP contribution in [0.5, 0.6) is 5.75 Å². The molecule has 0 aromatic heterocycles. The van der Waals surface area contributed by atoms with Crippen LogP contribution in [0.4, 0.5) is 4.39 Å². The van der Waals surface area contributed by atoms with Gasteiger partial charge in [-0.15, -0.1) is 0 Å². The summed E-state index contributed by atoms with van der Waals surface area (Å²) < 4.78 is 20.7. The molecule has 1 aliphatic carbocycles. The fourth-order valence-electron chi connectivity index (χ4n) is 3.57. The molecule has 3 aromatic carbocycles. The highest BCUT2D eigenvalue weighted by molar-refractivity contribution is 5.72. The third-order valence-electron chi connectivity index (χ3n) is 5.04. The quantitative estimate of drug-likeness (QED) is 0.476. The lowest BCUT2D eigenvalue weighted by Crippen LogP contribution is -1.97. The van der Waals surface area contributed by atoms with Gasteiger partial charge in [-0.2, -0.15) is 0 Å². The van der Waals surface area contributed by atoms with Crippen molar-refractivity contribution in [3.8, 4) is 16.9 Å². The minimum Gasteiger partial charge on any atom is -0.488 e. The van der Waals surface area contributed by atoms with Gasteiger partial charge in [-0.1, -0.05) is 72.3 Å². The molecule has 0 saturated heterocycles. The molecule has 0 aliphatic heterocycles. The van der Waals surface area contributed by atoms with Gasteiger partial charge in [0, 0.05) is 11.1 Å². The molecule has 0 spiro atoms. The highest BCUT2D eigenvalue weighted by atomic mass is 19.1. The van der Waals surface area contributed by atoms with Crippen LogP contribution in [0.1, 0.15) is 36.8 Å². The van der Waals surface area contributed by atoms with Crippen LogP contribution in [0.15, 0.2) is 78.4 Å². The van der Waals surface area contributed by atoms with E-state index >= 15 is 0 Å². The van der Waals surface area contributed by atoms with E-state index in [-0.39, 0.29) is 5.82 Å². The average molecular weight is 358 g/mol. The fraction of sp³-hybridized carbons (Fsp3) is 0.200. The smallest absolute Gasteiger partial charge is 0.131 e. The SMILES string of the molecule is Fc1cc(-c2ccccc2OCc2ccccc2)ccc1C=C1CCCC1. The van der Waals surface area contributed by atoms with E-state index < -0.39 is 0 Å². The van der Waals surface area contributed by atoms with Crippen molar-refractivity contribution in [2.45, 2.75) is 32.3 Å². The van der Waals surface area contributed by atoms with Crippen molar-refractivity contribution in [1.29, 1.82) is 0 Å². The van der Waals surface area contributed by atoms with E-state index in [0.717, 1.165) is 35.3 Å². The molecule has 1 aliphatic rings. The highest BCUT2D eigenvalue weighted by Crippen LogP contribution is 2.33. The number of ether oxygens (including phenoxy) is 1. The van der Waals surface area contributed by atoms with Crippen LogP contribution >= 0.6 is 0 Å². The Morgan fingerprint density at radius 2 is 1.59 bits per heavy atom. The summed E-state index contributed by atoms with van der Waals surface area (Å²) in [6, 6.07) is 23.3. The summed E-state index contributed by atoms with van der Waals surface area (Å²) in [5.41, 5.74) is 4.89. The largest absolute Gasteiger partial charge is 0.488 e. The lowest BCUT2D eigenvalue weighted by molar-refractivity contribution is 0.307. The second-order valence-corrected chi connectivity index (χ2v) is 7.02. The Morgan fingerprint density at radius 1 is 0.852 bits per heavy atom. The monoisotopic (exact) mass is 358 g/mol. The van der Waals surface area contributed by atoms with Gasteiger partial charge >= 0.3 is 0 Å². The molecule has 0 heterocycles. The Morgan fingerprint density at radius 3 is 2.37 bits per heavy atom. The number of benzene rings is 3. The number of hydrogen-bond acceptors (Lipinski definition) is 1. The Labute approximate surface area is 160 Å². The summed E-state index contributed by atoms with van der Waals surface area (Å²) in [5, 5.41) is 0. The van der Waals surface area contributed by atoms with Crippen molar-refractivity contribution in [3.63, 3.8) is 0 Å². The van der Waals surface area contributed by atoms with Crippen LogP contribution < -0.4 is 4.74 Å². The van der Waals surface area contributed by atoms with Crippen LogP contribution in [0.25, 0.3) is 17.2 Å². The number of rotatable bonds is 5. The van der Waals surface area contributed by atoms with Crippen LogP contribution in [0.2, 0.25) is 0 Å². The van der Waals surface area contributed by atoms with Crippen LogP contribution in [-0.2, 0) is 6.61 Å². The predicted molar refractivity (Wildman–Crippen MR) is 109 cm³/mol. The van der Waals surface area contributed by atoms with E-state index in [1.54, 1.807) is 6.07 Å². The molecule has 0 atom stereocenters. The van der Waals surface area contributed by atoms with Gasteiger partial charge in [-0.3, -0.25) is 0 Å². The van der Waals surface area contributed by atoms with Gasteiger partial charge in [0.05, 0.1) is 0 Å². The third kappa shape index (κ3) is 4.28. The Kier molecular flexibility index (Phi) is 5.34. The van der Waals surface area contributed by atoms with E-state index in [9.17, 15) is 4.39 Å². The molecule has 0 bridgehead atoms. The second-order valence-electron chi connectivity index (χ2n) is 7.02. The maximum absolute atomic E-state index is 14.7. The van der Waals surface area contributed by atoms with Crippen molar-refractivity contribution in [1.82, 2.24) is 0 Å². The van der Waals surface area contributed by atoms with Crippen LogP contribution in [-0.4, -0.2) is 0 Å². The molecule has 1 nitrogen and oxygen atoms in total. The minimum absolute atomic E-state index is 0.176. The molecule has 0 unspecified atom stereocenters. The van der Waals surface area contributed by atoms with E-state index in [4.69, 9.17) is 4.74 Å². The third-order valence-corrected chi connectivity index (χ3v) is 5.04. The summed E-state index contributed by atoms with van der Waals surface area (Å²) in [5.74, 6) is 0.590.